The molecule has 2 N–H and O–H groups in total. The lowest BCUT2D eigenvalue weighted by molar-refractivity contribution is 0.321. The van der Waals surface area contributed by atoms with E-state index in [2.05, 4.69) is 17.3 Å². The van der Waals surface area contributed by atoms with Gasteiger partial charge in [0, 0.05) is 31.2 Å². The fraction of sp³-hybridized carbons (Fsp3) is 0.538. The third kappa shape index (κ3) is 3.22. The number of phenols is 1. The lowest BCUT2D eigenvalue weighted by atomic mass is 10.2. The minimum Gasteiger partial charge on any atom is -0.508 e. The van der Waals surface area contributed by atoms with Gasteiger partial charge in [-0.2, -0.15) is 0 Å². The number of likely N-dealkylation sites (N-methyl/N-ethyl adjacent to an activating group) is 1. The zero-order chi connectivity index (χ0) is 11.4. The van der Waals surface area contributed by atoms with Crippen LogP contribution in [0.25, 0.3) is 0 Å². The molecular formula is C13H20N2O. The molecule has 0 spiro atoms. The van der Waals surface area contributed by atoms with Crippen molar-refractivity contribution in [2.24, 2.45) is 0 Å². The molecule has 0 bridgehead atoms. The minimum atomic E-state index is 0.380. The van der Waals surface area contributed by atoms with Gasteiger partial charge in [-0.05, 0) is 26.0 Å². The Morgan fingerprint density at radius 3 is 2.81 bits per heavy atom. The quantitative estimate of drug-likeness (QED) is 0.714. The van der Waals surface area contributed by atoms with Crippen LogP contribution in [0.3, 0.4) is 0 Å². The van der Waals surface area contributed by atoms with Crippen molar-refractivity contribution < 1.29 is 5.11 Å². The van der Waals surface area contributed by atoms with Crippen molar-refractivity contribution in [3.05, 3.63) is 29.8 Å². The normalized spacial score (nSPS) is 15.6. The van der Waals surface area contributed by atoms with Crippen LogP contribution in [0.4, 0.5) is 0 Å². The van der Waals surface area contributed by atoms with Gasteiger partial charge in [0.25, 0.3) is 0 Å². The van der Waals surface area contributed by atoms with Crippen LogP contribution in [-0.2, 0) is 6.54 Å². The lowest BCUT2D eigenvalue weighted by Crippen LogP contribution is -2.30. The first-order valence-corrected chi connectivity index (χ1v) is 5.95. The van der Waals surface area contributed by atoms with E-state index >= 15 is 0 Å². The van der Waals surface area contributed by atoms with Crippen molar-refractivity contribution >= 4 is 0 Å². The second-order valence-electron chi connectivity index (χ2n) is 4.52. The summed E-state index contributed by atoms with van der Waals surface area (Å²) in [7, 11) is 2.18. The van der Waals surface area contributed by atoms with E-state index in [4.69, 9.17) is 0 Å². The van der Waals surface area contributed by atoms with E-state index in [0.29, 0.717) is 5.75 Å². The number of phenolic OH excluding ortho intramolecular Hbond substituents is 1. The van der Waals surface area contributed by atoms with Crippen LogP contribution in [0.15, 0.2) is 24.3 Å². The molecule has 88 valence electrons. The van der Waals surface area contributed by atoms with Gasteiger partial charge in [0.2, 0.25) is 0 Å². The second-order valence-corrected chi connectivity index (χ2v) is 4.52. The molecule has 0 amide bonds. The van der Waals surface area contributed by atoms with E-state index in [1.165, 1.54) is 12.8 Å². The molecule has 0 unspecified atom stereocenters. The Morgan fingerprint density at radius 1 is 1.38 bits per heavy atom. The molecule has 3 heteroatoms. The van der Waals surface area contributed by atoms with Crippen molar-refractivity contribution in [3.63, 3.8) is 0 Å². The van der Waals surface area contributed by atoms with E-state index in [1.807, 2.05) is 18.2 Å². The van der Waals surface area contributed by atoms with Gasteiger partial charge < -0.3 is 15.3 Å². The number of benzene rings is 1. The first-order chi connectivity index (χ1) is 7.77. The Labute approximate surface area is 97.1 Å². The Hall–Kier alpha value is -1.06. The predicted octanol–water partition coefficient (Wildman–Crippen LogP) is 1.58. The van der Waals surface area contributed by atoms with Gasteiger partial charge in [-0.3, -0.25) is 0 Å². The van der Waals surface area contributed by atoms with Crippen LogP contribution in [0, 0.1) is 0 Å². The number of rotatable bonds is 6. The topological polar surface area (TPSA) is 35.5 Å². The monoisotopic (exact) mass is 220 g/mol. The SMILES string of the molecule is CN(CCNCc1ccccc1O)C1CC1. The maximum atomic E-state index is 9.57. The van der Waals surface area contributed by atoms with Crippen LogP contribution < -0.4 is 5.32 Å². The Bertz CT molecular complexity index is 336. The average Bonchev–Trinajstić information content (AvgIpc) is 3.10. The summed E-state index contributed by atoms with van der Waals surface area (Å²) in [5.41, 5.74) is 0.969. The van der Waals surface area contributed by atoms with Crippen LogP contribution >= 0.6 is 0 Å². The molecule has 0 radical (unpaired) electrons. The summed E-state index contributed by atoms with van der Waals surface area (Å²) in [6, 6.07) is 8.31. The Morgan fingerprint density at radius 2 is 2.12 bits per heavy atom. The molecule has 1 aliphatic rings. The molecule has 0 aromatic heterocycles. The number of aromatic hydroxyl groups is 1. The zero-order valence-electron chi connectivity index (χ0n) is 9.82. The highest BCUT2D eigenvalue weighted by Gasteiger charge is 2.25. The number of hydrogen-bond donors (Lipinski definition) is 2. The van der Waals surface area contributed by atoms with Gasteiger partial charge in [-0.1, -0.05) is 18.2 Å². The zero-order valence-corrected chi connectivity index (χ0v) is 9.82. The molecule has 0 heterocycles. The molecular weight excluding hydrogens is 200 g/mol. The second kappa shape index (κ2) is 5.32. The fourth-order valence-electron chi connectivity index (χ4n) is 1.84. The Kier molecular flexibility index (Phi) is 3.80. The smallest absolute Gasteiger partial charge is 0.120 e. The van der Waals surface area contributed by atoms with E-state index < -0.39 is 0 Å². The molecule has 3 nitrogen and oxygen atoms in total. The van der Waals surface area contributed by atoms with Crippen LogP contribution in [0.2, 0.25) is 0 Å². The fourth-order valence-corrected chi connectivity index (χ4v) is 1.84. The van der Waals surface area contributed by atoms with Crippen molar-refractivity contribution in [1.29, 1.82) is 0 Å². The molecule has 0 saturated heterocycles. The first-order valence-electron chi connectivity index (χ1n) is 5.95. The van der Waals surface area contributed by atoms with E-state index in [0.717, 1.165) is 31.2 Å². The molecule has 16 heavy (non-hydrogen) atoms. The number of hydrogen-bond acceptors (Lipinski definition) is 3. The van der Waals surface area contributed by atoms with Gasteiger partial charge in [0.05, 0.1) is 0 Å². The summed E-state index contributed by atoms with van der Waals surface area (Å²) in [6.45, 7) is 2.80. The summed E-state index contributed by atoms with van der Waals surface area (Å²) >= 11 is 0. The summed E-state index contributed by atoms with van der Waals surface area (Å²) in [5, 5.41) is 12.9. The van der Waals surface area contributed by atoms with Crippen LogP contribution in [0.5, 0.6) is 5.75 Å². The third-order valence-electron chi connectivity index (χ3n) is 3.12. The standard InChI is InChI=1S/C13H20N2O/c1-15(12-6-7-12)9-8-14-10-11-4-2-3-5-13(11)16/h2-5,12,14,16H,6-10H2,1H3. The summed E-state index contributed by atoms with van der Waals surface area (Å²) in [6.07, 6.45) is 2.71. The Balaban J connectivity index is 1.66. The highest BCUT2D eigenvalue weighted by molar-refractivity contribution is 5.31. The maximum Gasteiger partial charge on any atom is 0.120 e. The highest BCUT2D eigenvalue weighted by atomic mass is 16.3. The van der Waals surface area contributed by atoms with Crippen LogP contribution in [-0.4, -0.2) is 36.2 Å². The average molecular weight is 220 g/mol. The summed E-state index contributed by atoms with van der Waals surface area (Å²) < 4.78 is 0. The van der Waals surface area contributed by atoms with Gasteiger partial charge in [-0.15, -0.1) is 0 Å². The van der Waals surface area contributed by atoms with Crippen molar-refractivity contribution in [3.8, 4) is 5.75 Å². The molecule has 1 aromatic rings. The molecule has 0 atom stereocenters. The molecule has 2 rings (SSSR count). The molecule has 1 saturated carbocycles. The summed E-state index contributed by atoms with van der Waals surface area (Å²) in [5.74, 6) is 0.380. The van der Waals surface area contributed by atoms with E-state index in [-0.39, 0.29) is 0 Å². The molecule has 1 aliphatic carbocycles. The van der Waals surface area contributed by atoms with Crippen LogP contribution in [0.1, 0.15) is 18.4 Å². The van der Waals surface area contributed by atoms with Crippen molar-refractivity contribution in [2.45, 2.75) is 25.4 Å². The van der Waals surface area contributed by atoms with Gasteiger partial charge in [0.1, 0.15) is 5.75 Å². The van der Waals surface area contributed by atoms with Crippen molar-refractivity contribution in [2.75, 3.05) is 20.1 Å². The third-order valence-corrected chi connectivity index (χ3v) is 3.12. The van der Waals surface area contributed by atoms with Gasteiger partial charge >= 0.3 is 0 Å². The van der Waals surface area contributed by atoms with Crippen molar-refractivity contribution in [1.82, 2.24) is 10.2 Å². The van der Waals surface area contributed by atoms with Gasteiger partial charge in [-0.25, -0.2) is 0 Å². The molecule has 0 aliphatic heterocycles. The predicted molar refractivity (Wildman–Crippen MR) is 65.5 cm³/mol. The lowest BCUT2D eigenvalue weighted by Gasteiger charge is -2.15. The maximum absolute atomic E-state index is 9.57. The minimum absolute atomic E-state index is 0.380. The number of para-hydroxylation sites is 1. The summed E-state index contributed by atoms with van der Waals surface area (Å²) in [4.78, 5) is 2.40. The first kappa shape index (κ1) is 11.4. The number of nitrogens with one attached hydrogen (secondary N) is 1. The highest BCUT2D eigenvalue weighted by Crippen LogP contribution is 2.24. The number of nitrogens with zero attached hydrogens (tertiary/aromatic N) is 1. The largest absolute Gasteiger partial charge is 0.508 e. The van der Waals surface area contributed by atoms with Gasteiger partial charge in [0.15, 0.2) is 0 Å². The molecule has 1 fully saturated rings. The van der Waals surface area contributed by atoms with E-state index in [1.54, 1.807) is 6.07 Å². The van der Waals surface area contributed by atoms with E-state index in [9.17, 15) is 5.11 Å². The molecule has 1 aromatic carbocycles.